The number of carbonyl (C=O) groups is 2. The lowest BCUT2D eigenvalue weighted by Gasteiger charge is -2.34. The molecule has 1 N–H and O–H groups in total. The molecule has 1 aliphatic heterocycles. The van der Waals surface area contributed by atoms with Crippen molar-refractivity contribution < 1.29 is 14.0 Å². The van der Waals surface area contributed by atoms with E-state index >= 15 is 0 Å². The summed E-state index contributed by atoms with van der Waals surface area (Å²) in [5.74, 6) is -0.738. The maximum absolute atomic E-state index is 13.2. The minimum Gasteiger partial charge on any atom is -0.336 e. The van der Waals surface area contributed by atoms with Gasteiger partial charge in [0, 0.05) is 37.4 Å². The van der Waals surface area contributed by atoms with Crippen LogP contribution in [0.25, 0.3) is 0 Å². The first-order valence-corrected chi connectivity index (χ1v) is 8.62. The minimum absolute atomic E-state index is 0.115. The molecule has 1 aliphatic rings. The average Bonchev–Trinajstić information content (AvgIpc) is 2.68. The molecule has 0 unspecified atom stereocenters. The zero-order chi connectivity index (χ0) is 19.2. The lowest BCUT2D eigenvalue weighted by molar-refractivity contribution is -0.117. The van der Waals surface area contributed by atoms with E-state index in [9.17, 15) is 14.0 Å². The third kappa shape index (κ3) is 4.90. The van der Waals surface area contributed by atoms with Gasteiger partial charge in [0.25, 0.3) is 5.91 Å². The van der Waals surface area contributed by atoms with Crippen molar-refractivity contribution in [1.29, 1.82) is 5.26 Å². The molecule has 1 heterocycles. The van der Waals surface area contributed by atoms with E-state index < -0.39 is 5.82 Å². The fraction of sp³-hybridized carbons (Fsp3) is 0.250. The van der Waals surface area contributed by atoms with Crippen LogP contribution in [0.3, 0.4) is 0 Å². The van der Waals surface area contributed by atoms with Crippen LogP contribution >= 0.6 is 0 Å². The second kappa shape index (κ2) is 8.43. The monoisotopic (exact) mass is 366 g/mol. The highest BCUT2D eigenvalue weighted by Gasteiger charge is 2.23. The standard InChI is InChI=1S/C20H19FN4O2/c21-17-5-2-6-18(12-17)23-19(26)14-24-7-9-25(10-8-24)20(27)16-4-1-3-15(11-16)13-22/h1-6,11-12H,7-10,14H2,(H,23,26). The summed E-state index contributed by atoms with van der Waals surface area (Å²) >= 11 is 0. The van der Waals surface area contributed by atoms with E-state index in [0.29, 0.717) is 43.0 Å². The maximum atomic E-state index is 13.2. The number of benzene rings is 2. The molecular weight excluding hydrogens is 347 g/mol. The van der Waals surface area contributed by atoms with Crippen LogP contribution in [0.5, 0.6) is 0 Å². The molecule has 1 fully saturated rings. The molecule has 0 spiro atoms. The predicted molar refractivity (Wildman–Crippen MR) is 98.5 cm³/mol. The van der Waals surface area contributed by atoms with E-state index in [1.165, 1.54) is 18.2 Å². The van der Waals surface area contributed by atoms with E-state index in [1.54, 1.807) is 35.2 Å². The zero-order valence-electron chi connectivity index (χ0n) is 14.7. The van der Waals surface area contributed by atoms with Gasteiger partial charge in [0.1, 0.15) is 5.82 Å². The van der Waals surface area contributed by atoms with E-state index in [2.05, 4.69) is 5.32 Å². The Labute approximate surface area is 156 Å². The third-order valence-electron chi connectivity index (χ3n) is 4.37. The molecule has 138 valence electrons. The van der Waals surface area contributed by atoms with Crippen molar-refractivity contribution in [2.45, 2.75) is 0 Å². The largest absolute Gasteiger partial charge is 0.336 e. The number of carbonyl (C=O) groups excluding carboxylic acids is 2. The molecular formula is C20H19FN4O2. The Balaban J connectivity index is 1.50. The van der Waals surface area contributed by atoms with Crippen molar-refractivity contribution in [2.24, 2.45) is 0 Å². The second-order valence-corrected chi connectivity index (χ2v) is 6.32. The van der Waals surface area contributed by atoms with Crippen LogP contribution < -0.4 is 5.32 Å². The van der Waals surface area contributed by atoms with Gasteiger partial charge in [-0.2, -0.15) is 5.26 Å². The van der Waals surface area contributed by atoms with Gasteiger partial charge in [-0.15, -0.1) is 0 Å². The van der Waals surface area contributed by atoms with Gasteiger partial charge in [-0.1, -0.05) is 12.1 Å². The molecule has 0 aliphatic carbocycles. The Morgan fingerprint density at radius 1 is 1.07 bits per heavy atom. The van der Waals surface area contributed by atoms with Gasteiger partial charge < -0.3 is 10.2 Å². The zero-order valence-corrected chi connectivity index (χ0v) is 14.7. The normalized spacial score (nSPS) is 14.4. The van der Waals surface area contributed by atoms with Crippen molar-refractivity contribution >= 4 is 17.5 Å². The minimum atomic E-state index is -0.402. The summed E-state index contributed by atoms with van der Waals surface area (Å²) in [7, 11) is 0. The highest BCUT2D eigenvalue weighted by Crippen LogP contribution is 2.12. The molecule has 2 amide bonds. The summed E-state index contributed by atoms with van der Waals surface area (Å²) in [5.41, 5.74) is 1.37. The highest BCUT2D eigenvalue weighted by atomic mass is 19.1. The molecule has 0 radical (unpaired) electrons. The van der Waals surface area contributed by atoms with Gasteiger partial charge in [-0.05, 0) is 36.4 Å². The molecule has 0 bridgehead atoms. The van der Waals surface area contributed by atoms with Gasteiger partial charge in [0.15, 0.2) is 0 Å². The number of rotatable bonds is 4. The number of nitrogens with one attached hydrogen (secondary N) is 1. The van der Waals surface area contributed by atoms with Gasteiger partial charge >= 0.3 is 0 Å². The molecule has 0 atom stereocenters. The Morgan fingerprint density at radius 3 is 2.52 bits per heavy atom. The molecule has 2 aromatic rings. The van der Waals surface area contributed by atoms with Crippen LogP contribution in [0.1, 0.15) is 15.9 Å². The SMILES string of the molecule is N#Cc1cccc(C(=O)N2CCN(CC(=O)Nc3cccc(F)c3)CC2)c1. The van der Waals surface area contributed by atoms with Crippen molar-refractivity contribution in [3.63, 3.8) is 0 Å². The number of halogens is 1. The first-order valence-electron chi connectivity index (χ1n) is 8.62. The van der Waals surface area contributed by atoms with Crippen molar-refractivity contribution in [3.05, 3.63) is 65.5 Å². The van der Waals surface area contributed by atoms with Crippen LogP contribution in [0, 0.1) is 17.1 Å². The van der Waals surface area contributed by atoms with Crippen molar-refractivity contribution in [2.75, 3.05) is 38.0 Å². The summed E-state index contributed by atoms with van der Waals surface area (Å²) in [6.45, 7) is 2.33. The maximum Gasteiger partial charge on any atom is 0.253 e. The summed E-state index contributed by atoms with van der Waals surface area (Å²) < 4.78 is 13.2. The quantitative estimate of drug-likeness (QED) is 0.899. The van der Waals surface area contributed by atoms with Crippen LogP contribution in [0.4, 0.5) is 10.1 Å². The van der Waals surface area contributed by atoms with Crippen LogP contribution in [-0.2, 0) is 4.79 Å². The third-order valence-corrected chi connectivity index (χ3v) is 4.37. The molecule has 6 nitrogen and oxygen atoms in total. The molecule has 3 rings (SSSR count). The molecule has 0 saturated carbocycles. The molecule has 7 heteroatoms. The van der Waals surface area contributed by atoms with Crippen molar-refractivity contribution in [3.8, 4) is 6.07 Å². The van der Waals surface area contributed by atoms with E-state index in [4.69, 9.17) is 5.26 Å². The van der Waals surface area contributed by atoms with E-state index in [1.807, 2.05) is 11.0 Å². The smallest absolute Gasteiger partial charge is 0.253 e. The first-order chi connectivity index (χ1) is 13.0. The Morgan fingerprint density at radius 2 is 1.81 bits per heavy atom. The van der Waals surface area contributed by atoms with Crippen LogP contribution in [-0.4, -0.2) is 54.3 Å². The van der Waals surface area contributed by atoms with Gasteiger partial charge in [0.05, 0.1) is 18.2 Å². The Hall–Kier alpha value is -3.24. The number of amides is 2. The fourth-order valence-corrected chi connectivity index (χ4v) is 2.98. The number of anilines is 1. The van der Waals surface area contributed by atoms with E-state index in [0.717, 1.165) is 0 Å². The Kier molecular flexibility index (Phi) is 5.79. The fourth-order valence-electron chi connectivity index (χ4n) is 2.98. The summed E-state index contributed by atoms with van der Waals surface area (Å²) in [4.78, 5) is 28.3. The van der Waals surface area contributed by atoms with Gasteiger partial charge in [0.2, 0.25) is 5.91 Å². The Bertz CT molecular complexity index is 886. The van der Waals surface area contributed by atoms with Crippen LogP contribution in [0.15, 0.2) is 48.5 Å². The van der Waals surface area contributed by atoms with Gasteiger partial charge in [-0.3, -0.25) is 14.5 Å². The lowest BCUT2D eigenvalue weighted by Crippen LogP contribution is -2.50. The molecule has 2 aromatic carbocycles. The first kappa shape index (κ1) is 18.5. The van der Waals surface area contributed by atoms with Gasteiger partial charge in [-0.25, -0.2) is 4.39 Å². The topological polar surface area (TPSA) is 76.4 Å². The highest BCUT2D eigenvalue weighted by molar-refractivity contribution is 5.95. The number of nitriles is 1. The van der Waals surface area contributed by atoms with E-state index in [-0.39, 0.29) is 18.4 Å². The van der Waals surface area contributed by atoms with Crippen molar-refractivity contribution in [1.82, 2.24) is 9.80 Å². The second-order valence-electron chi connectivity index (χ2n) is 6.32. The van der Waals surface area contributed by atoms with Crippen LogP contribution in [0.2, 0.25) is 0 Å². The molecule has 27 heavy (non-hydrogen) atoms. The summed E-state index contributed by atoms with van der Waals surface area (Å²) in [5, 5.41) is 11.6. The number of hydrogen-bond donors (Lipinski definition) is 1. The number of nitrogens with zero attached hydrogens (tertiary/aromatic N) is 3. The number of hydrogen-bond acceptors (Lipinski definition) is 4. The predicted octanol–water partition coefficient (Wildman–Crippen LogP) is 2.09. The number of piperazine rings is 1. The molecule has 1 saturated heterocycles. The molecule has 0 aromatic heterocycles. The summed E-state index contributed by atoms with van der Waals surface area (Å²) in [6, 6.07) is 14.4. The summed E-state index contributed by atoms with van der Waals surface area (Å²) in [6.07, 6.45) is 0. The lowest BCUT2D eigenvalue weighted by atomic mass is 10.1. The average molecular weight is 366 g/mol.